The van der Waals surface area contributed by atoms with Crippen molar-refractivity contribution in [3.8, 4) is 6.07 Å². The fraction of sp³-hybridized carbons (Fsp3) is 0.333. The summed E-state index contributed by atoms with van der Waals surface area (Å²) in [7, 11) is 1.93. The molecule has 5 heteroatoms. The van der Waals surface area contributed by atoms with Crippen molar-refractivity contribution in [2.45, 2.75) is 13.0 Å². The molecule has 1 aromatic carbocycles. The van der Waals surface area contributed by atoms with Crippen molar-refractivity contribution in [3.05, 3.63) is 24.1 Å². The molecule has 0 unspecified atom stereocenters. The van der Waals surface area contributed by atoms with Gasteiger partial charge in [-0.05, 0) is 19.2 Å². The molecule has 0 aliphatic rings. The van der Waals surface area contributed by atoms with Crippen LogP contribution in [0.15, 0.2) is 22.6 Å². The molecular weight excluding hydrogens is 216 g/mol. The van der Waals surface area contributed by atoms with Gasteiger partial charge in [-0.1, -0.05) is 6.07 Å². The maximum Gasteiger partial charge on any atom is 0.209 e. The highest BCUT2D eigenvalue weighted by molar-refractivity contribution is 5.85. The van der Waals surface area contributed by atoms with E-state index in [9.17, 15) is 0 Å². The van der Waals surface area contributed by atoms with E-state index in [4.69, 9.17) is 15.4 Å². The van der Waals surface area contributed by atoms with Gasteiger partial charge in [-0.15, -0.1) is 0 Å². The lowest BCUT2D eigenvalue weighted by molar-refractivity contribution is 0.299. The Bertz CT molecular complexity index is 555. The van der Waals surface area contributed by atoms with Crippen molar-refractivity contribution in [1.82, 2.24) is 9.88 Å². The first-order chi connectivity index (χ1) is 8.20. The van der Waals surface area contributed by atoms with E-state index in [2.05, 4.69) is 11.1 Å². The summed E-state index contributed by atoms with van der Waals surface area (Å²) in [6, 6.07) is 7.59. The fourth-order valence-corrected chi connectivity index (χ4v) is 1.63. The van der Waals surface area contributed by atoms with Gasteiger partial charge in [-0.25, -0.2) is 4.98 Å². The van der Waals surface area contributed by atoms with Gasteiger partial charge < -0.3 is 10.2 Å². The number of hydrogen-bond acceptors (Lipinski definition) is 5. The summed E-state index contributed by atoms with van der Waals surface area (Å²) >= 11 is 0. The number of aromatic nitrogens is 1. The standard InChI is InChI=1S/C12H14N4O/c1-16(7-3-6-13)8-11-15-12-9(14)4-2-5-10(12)17-11/h2,4-5H,3,7-8,14H2,1H3. The zero-order valence-corrected chi connectivity index (χ0v) is 9.68. The largest absolute Gasteiger partial charge is 0.439 e. The lowest BCUT2D eigenvalue weighted by Gasteiger charge is -2.11. The molecule has 0 aliphatic carbocycles. The molecule has 88 valence electrons. The highest BCUT2D eigenvalue weighted by Crippen LogP contribution is 2.21. The number of para-hydroxylation sites is 1. The molecule has 17 heavy (non-hydrogen) atoms. The van der Waals surface area contributed by atoms with Gasteiger partial charge in [0.05, 0.1) is 18.3 Å². The average Bonchev–Trinajstić information content (AvgIpc) is 2.70. The number of fused-ring (bicyclic) bond motifs is 1. The van der Waals surface area contributed by atoms with E-state index in [1.54, 1.807) is 6.07 Å². The number of hydrogen-bond donors (Lipinski definition) is 1. The molecule has 5 nitrogen and oxygen atoms in total. The number of anilines is 1. The normalized spacial score (nSPS) is 10.9. The SMILES string of the molecule is CN(CCC#N)Cc1nc2c(N)cccc2o1. The molecule has 0 atom stereocenters. The van der Waals surface area contributed by atoms with Crippen LogP contribution in [0.25, 0.3) is 11.1 Å². The quantitative estimate of drug-likeness (QED) is 0.809. The van der Waals surface area contributed by atoms with Crippen molar-refractivity contribution in [3.63, 3.8) is 0 Å². The topological polar surface area (TPSA) is 79.1 Å². The third kappa shape index (κ3) is 2.55. The van der Waals surface area contributed by atoms with Gasteiger partial charge in [-0.2, -0.15) is 5.26 Å². The van der Waals surface area contributed by atoms with Crippen LogP contribution in [0, 0.1) is 11.3 Å². The smallest absolute Gasteiger partial charge is 0.209 e. The van der Waals surface area contributed by atoms with Crippen LogP contribution in [-0.2, 0) is 6.54 Å². The Balaban J connectivity index is 2.15. The second-order valence-corrected chi connectivity index (χ2v) is 3.95. The Morgan fingerprint density at radius 2 is 2.35 bits per heavy atom. The van der Waals surface area contributed by atoms with Gasteiger partial charge in [0.25, 0.3) is 0 Å². The van der Waals surface area contributed by atoms with Crippen molar-refractivity contribution in [2.75, 3.05) is 19.3 Å². The molecule has 0 saturated carbocycles. The number of nitrogens with two attached hydrogens (primary N) is 1. The maximum atomic E-state index is 8.50. The third-order valence-electron chi connectivity index (χ3n) is 2.50. The van der Waals surface area contributed by atoms with Gasteiger partial charge in [0.15, 0.2) is 5.58 Å². The first-order valence-electron chi connectivity index (χ1n) is 5.40. The van der Waals surface area contributed by atoms with Crippen molar-refractivity contribution < 1.29 is 4.42 Å². The minimum atomic E-state index is 0.499. The zero-order valence-electron chi connectivity index (χ0n) is 9.68. The fourth-order valence-electron chi connectivity index (χ4n) is 1.63. The van der Waals surface area contributed by atoms with Gasteiger partial charge in [0.2, 0.25) is 5.89 Å². The van der Waals surface area contributed by atoms with Gasteiger partial charge in [0, 0.05) is 13.0 Å². The predicted octanol–water partition coefficient (Wildman–Crippen LogP) is 1.76. The summed E-state index contributed by atoms with van der Waals surface area (Å²) in [6.07, 6.45) is 0.499. The third-order valence-corrected chi connectivity index (χ3v) is 2.50. The van der Waals surface area contributed by atoms with E-state index in [0.29, 0.717) is 42.2 Å². The van der Waals surface area contributed by atoms with Crippen molar-refractivity contribution >= 4 is 16.8 Å². The van der Waals surface area contributed by atoms with Crippen LogP contribution in [0.5, 0.6) is 0 Å². The zero-order chi connectivity index (χ0) is 12.3. The molecule has 0 spiro atoms. The molecule has 1 heterocycles. The first-order valence-corrected chi connectivity index (χ1v) is 5.40. The highest BCUT2D eigenvalue weighted by Gasteiger charge is 2.09. The van der Waals surface area contributed by atoms with Crippen molar-refractivity contribution in [1.29, 1.82) is 5.26 Å². The lowest BCUT2D eigenvalue weighted by Crippen LogP contribution is -2.18. The Morgan fingerprint density at radius 3 is 3.06 bits per heavy atom. The summed E-state index contributed by atoms with van der Waals surface area (Å²) in [5.41, 5.74) is 7.83. The van der Waals surface area contributed by atoms with E-state index >= 15 is 0 Å². The average molecular weight is 230 g/mol. The number of rotatable bonds is 4. The summed E-state index contributed by atoms with van der Waals surface area (Å²) < 4.78 is 5.58. The van der Waals surface area contributed by atoms with Gasteiger partial charge >= 0.3 is 0 Å². The number of nitrogen functional groups attached to an aromatic ring is 1. The molecule has 0 radical (unpaired) electrons. The number of benzene rings is 1. The molecule has 0 saturated heterocycles. The van der Waals surface area contributed by atoms with Gasteiger partial charge in [0.1, 0.15) is 5.52 Å². The van der Waals surface area contributed by atoms with Crippen LogP contribution >= 0.6 is 0 Å². The second kappa shape index (κ2) is 4.85. The summed E-state index contributed by atoms with van der Waals surface area (Å²) in [4.78, 5) is 6.33. The maximum absolute atomic E-state index is 8.50. The van der Waals surface area contributed by atoms with Crippen LogP contribution < -0.4 is 5.73 Å². The van der Waals surface area contributed by atoms with E-state index in [-0.39, 0.29) is 0 Å². The minimum absolute atomic E-state index is 0.499. The highest BCUT2D eigenvalue weighted by atomic mass is 16.3. The molecule has 2 N–H and O–H groups in total. The molecule has 1 aromatic heterocycles. The Hall–Kier alpha value is -2.06. The Labute approximate surface area is 99.4 Å². The van der Waals surface area contributed by atoms with E-state index in [1.807, 2.05) is 24.1 Å². The molecule has 0 amide bonds. The van der Waals surface area contributed by atoms with Gasteiger partial charge in [-0.3, -0.25) is 4.90 Å². The number of nitrogens with zero attached hydrogens (tertiary/aromatic N) is 3. The first kappa shape index (κ1) is 11.4. The molecule has 0 bridgehead atoms. The van der Waals surface area contributed by atoms with E-state index in [1.165, 1.54) is 0 Å². The van der Waals surface area contributed by atoms with Crippen LogP contribution in [0.1, 0.15) is 12.3 Å². The summed E-state index contributed by atoms with van der Waals surface area (Å²) in [5, 5.41) is 8.50. The van der Waals surface area contributed by atoms with Crippen molar-refractivity contribution in [2.24, 2.45) is 0 Å². The summed E-state index contributed by atoms with van der Waals surface area (Å²) in [5.74, 6) is 0.623. The van der Waals surface area contributed by atoms with Crippen LogP contribution in [0.3, 0.4) is 0 Å². The molecule has 0 fully saturated rings. The van der Waals surface area contributed by atoms with E-state index < -0.39 is 0 Å². The van der Waals surface area contributed by atoms with Crippen LogP contribution in [0.4, 0.5) is 5.69 Å². The number of oxazole rings is 1. The minimum Gasteiger partial charge on any atom is -0.439 e. The predicted molar refractivity (Wildman–Crippen MR) is 65.0 cm³/mol. The molecule has 2 rings (SSSR count). The molecule has 0 aliphatic heterocycles. The van der Waals surface area contributed by atoms with Crippen LogP contribution in [-0.4, -0.2) is 23.5 Å². The van der Waals surface area contributed by atoms with Crippen LogP contribution in [0.2, 0.25) is 0 Å². The number of nitriles is 1. The summed E-state index contributed by atoms with van der Waals surface area (Å²) in [6.45, 7) is 1.28. The Morgan fingerprint density at radius 1 is 1.53 bits per heavy atom. The second-order valence-electron chi connectivity index (χ2n) is 3.95. The lowest BCUT2D eigenvalue weighted by atomic mass is 10.3. The Kier molecular flexibility index (Phi) is 3.26. The monoisotopic (exact) mass is 230 g/mol. The molecule has 2 aromatic rings. The molecular formula is C12H14N4O. The van der Waals surface area contributed by atoms with E-state index in [0.717, 1.165) is 0 Å².